The van der Waals surface area contributed by atoms with Crippen LogP contribution in [-0.4, -0.2) is 11.2 Å². The molecule has 0 saturated carbocycles. The number of hydrogen-bond acceptors (Lipinski definition) is 1. The van der Waals surface area contributed by atoms with Gasteiger partial charge in [-0.05, 0) is 62.7 Å². The molecule has 24 heavy (non-hydrogen) atoms. The van der Waals surface area contributed by atoms with E-state index in [-0.39, 0.29) is 11.5 Å². The molecule has 0 aliphatic heterocycles. The fourth-order valence-electron chi connectivity index (χ4n) is 4.50. The molecule has 3 atom stereocenters. The van der Waals surface area contributed by atoms with Crippen molar-refractivity contribution in [2.75, 3.05) is 0 Å². The van der Waals surface area contributed by atoms with Gasteiger partial charge in [-0.1, -0.05) is 70.6 Å². The lowest BCUT2D eigenvalue weighted by molar-refractivity contribution is 0.112. The van der Waals surface area contributed by atoms with Gasteiger partial charge in [-0.3, -0.25) is 0 Å². The molecule has 0 aromatic heterocycles. The van der Waals surface area contributed by atoms with E-state index in [0.29, 0.717) is 0 Å². The Morgan fingerprint density at radius 1 is 1.12 bits per heavy atom. The molecule has 1 aliphatic carbocycles. The molecule has 0 aromatic rings. The van der Waals surface area contributed by atoms with E-state index >= 15 is 0 Å². The summed E-state index contributed by atoms with van der Waals surface area (Å²) in [5.74, 6) is 1.68. The predicted octanol–water partition coefficient (Wildman–Crippen LogP) is 7.06. The Morgan fingerprint density at radius 2 is 1.71 bits per heavy atom. The largest absolute Gasteiger partial charge is 0.393 e. The van der Waals surface area contributed by atoms with Gasteiger partial charge in [0.15, 0.2) is 0 Å². The Labute approximate surface area is 151 Å². The highest BCUT2D eigenvalue weighted by Gasteiger charge is 2.32. The molecule has 0 saturated heterocycles. The molecule has 0 spiro atoms. The van der Waals surface area contributed by atoms with Gasteiger partial charge >= 0.3 is 0 Å². The maximum atomic E-state index is 10.0. The number of aliphatic hydroxyl groups excluding tert-OH is 1. The third kappa shape index (κ3) is 7.55. The van der Waals surface area contributed by atoms with Crippen LogP contribution in [-0.2, 0) is 0 Å². The van der Waals surface area contributed by atoms with Crippen molar-refractivity contribution in [3.63, 3.8) is 0 Å². The molecule has 0 aromatic carbocycles. The molecule has 3 unspecified atom stereocenters. The summed E-state index contributed by atoms with van der Waals surface area (Å²) in [5, 5.41) is 10.0. The second-order valence-electron chi connectivity index (χ2n) is 9.10. The first-order chi connectivity index (χ1) is 11.3. The van der Waals surface area contributed by atoms with Crippen LogP contribution in [0.5, 0.6) is 0 Å². The van der Waals surface area contributed by atoms with E-state index in [1.54, 1.807) is 5.57 Å². The maximum Gasteiger partial charge on any atom is 0.0585 e. The van der Waals surface area contributed by atoms with Crippen LogP contribution in [0.4, 0.5) is 0 Å². The van der Waals surface area contributed by atoms with Gasteiger partial charge in [-0.15, -0.1) is 6.58 Å². The topological polar surface area (TPSA) is 20.2 Å². The predicted molar refractivity (Wildman–Crippen MR) is 107 cm³/mol. The molecule has 1 rings (SSSR count). The van der Waals surface area contributed by atoms with Crippen LogP contribution in [0, 0.1) is 17.3 Å². The zero-order chi connectivity index (χ0) is 18.2. The highest BCUT2D eigenvalue weighted by atomic mass is 16.3. The first kappa shape index (κ1) is 21.5. The molecule has 0 amide bonds. The summed E-state index contributed by atoms with van der Waals surface area (Å²) in [5.41, 5.74) is 3.25. The van der Waals surface area contributed by atoms with E-state index in [0.717, 1.165) is 24.7 Å². The summed E-state index contributed by atoms with van der Waals surface area (Å²) in [7, 11) is 0. The first-order valence-corrected chi connectivity index (χ1v) is 10.2. The molecule has 0 bridgehead atoms. The van der Waals surface area contributed by atoms with E-state index < -0.39 is 0 Å². The minimum absolute atomic E-state index is 0.135. The lowest BCUT2D eigenvalue weighted by Gasteiger charge is -2.37. The quantitative estimate of drug-likeness (QED) is 0.316. The van der Waals surface area contributed by atoms with Crippen molar-refractivity contribution in [3.8, 4) is 0 Å². The SMILES string of the molecule is C=CCCCC(C)CCCC(C)CCC1=C(C)CC(O)CC1(C)C. The zero-order valence-electron chi connectivity index (χ0n) is 17.0. The van der Waals surface area contributed by atoms with Crippen LogP contribution < -0.4 is 0 Å². The molecule has 140 valence electrons. The Kier molecular flexibility index (Phi) is 9.34. The van der Waals surface area contributed by atoms with Gasteiger partial charge in [0.25, 0.3) is 0 Å². The summed E-state index contributed by atoms with van der Waals surface area (Å²) in [6.45, 7) is 15.5. The summed E-state index contributed by atoms with van der Waals surface area (Å²) in [6, 6.07) is 0. The molecule has 1 nitrogen and oxygen atoms in total. The van der Waals surface area contributed by atoms with Gasteiger partial charge in [0.2, 0.25) is 0 Å². The van der Waals surface area contributed by atoms with Crippen molar-refractivity contribution in [1.82, 2.24) is 0 Å². The van der Waals surface area contributed by atoms with Crippen molar-refractivity contribution in [2.24, 2.45) is 17.3 Å². The average Bonchev–Trinajstić information content (AvgIpc) is 2.45. The fraction of sp³-hybridized carbons (Fsp3) is 0.826. The van der Waals surface area contributed by atoms with E-state index in [1.165, 1.54) is 56.9 Å². The minimum atomic E-state index is -0.135. The van der Waals surface area contributed by atoms with Gasteiger partial charge in [-0.2, -0.15) is 0 Å². The second kappa shape index (κ2) is 10.4. The van der Waals surface area contributed by atoms with E-state index in [4.69, 9.17) is 0 Å². The molecule has 1 heteroatoms. The van der Waals surface area contributed by atoms with Crippen molar-refractivity contribution in [2.45, 2.75) is 105 Å². The van der Waals surface area contributed by atoms with E-state index in [1.807, 2.05) is 6.08 Å². The number of unbranched alkanes of at least 4 members (excludes halogenated alkanes) is 1. The normalized spacial score (nSPS) is 23.2. The molecule has 0 radical (unpaired) electrons. The highest BCUT2D eigenvalue weighted by molar-refractivity contribution is 5.23. The minimum Gasteiger partial charge on any atom is -0.393 e. The summed E-state index contributed by atoms with van der Waals surface area (Å²) in [6.07, 6.45) is 14.2. The van der Waals surface area contributed by atoms with E-state index in [9.17, 15) is 5.11 Å². The van der Waals surface area contributed by atoms with Crippen LogP contribution in [0.25, 0.3) is 0 Å². The van der Waals surface area contributed by atoms with Crippen molar-refractivity contribution < 1.29 is 5.11 Å². The average molecular weight is 335 g/mol. The zero-order valence-corrected chi connectivity index (χ0v) is 17.0. The Balaban J connectivity index is 2.29. The standard InChI is InChI=1S/C23H42O/c1-7-8-9-11-18(2)12-10-13-19(3)14-15-22-20(4)16-21(24)17-23(22,5)6/h7,18-19,21,24H,1,8-17H2,2-6H3. The van der Waals surface area contributed by atoms with Crippen molar-refractivity contribution in [3.05, 3.63) is 23.8 Å². The number of aliphatic hydroxyl groups is 1. The molecule has 1 N–H and O–H groups in total. The number of rotatable bonds is 11. The summed E-state index contributed by atoms with van der Waals surface area (Å²) < 4.78 is 0. The maximum absolute atomic E-state index is 10.0. The molecular weight excluding hydrogens is 292 g/mol. The number of hydrogen-bond donors (Lipinski definition) is 1. The van der Waals surface area contributed by atoms with Crippen LogP contribution >= 0.6 is 0 Å². The second-order valence-corrected chi connectivity index (χ2v) is 9.10. The Bertz CT molecular complexity index is 404. The lowest BCUT2D eigenvalue weighted by Crippen LogP contribution is -2.29. The fourth-order valence-corrected chi connectivity index (χ4v) is 4.50. The van der Waals surface area contributed by atoms with Crippen LogP contribution in [0.15, 0.2) is 23.8 Å². The van der Waals surface area contributed by atoms with Gasteiger partial charge in [-0.25, -0.2) is 0 Å². The lowest BCUT2D eigenvalue weighted by atomic mass is 9.69. The molecule has 0 heterocycles. The van der Waals surface area contributed by atoms with Crippen molar-refractivity contribution in [1.29, 1.82) is 0 Å². The summed E-state index contributed by atoms with van der Waals surface area (Å²) >= 11 is 0. The van der Waals surface area contributed by atoms with E-state index in [2.05, 4.69) is 41.2 Å². The Morgan fingerprint density at radius 3 is 2.29 bits per heavy atom. The highest BCUT2D eigenvalue weighted by Crippen LogP contribution is 2.43. The van der Waals surface area contributed by atoms with Gasteiger partial charge in [0.1, 0.15) is 0 Å². The van der Waals surface area contributed by atoms with Crippen LogP contribution in [0.3, 0.4) is 0 Å². The third-order valence-corrected chi connectivity index (χ3v) is 6.01. The van der Waals surface area contributed by atoms with Crippen LogP contribution in [0.1, 0.15) is 98.8 Å². The van der Waals surface area contributed by atoms with Gasteiger partial charge in [0, 0.05) is 0 Å². The molecular formula is C23H42O. The molecule has 0 fully saturated rings. The smallest absolute Gasteiger partial charge is 0.0585 e. The monoisotopic (exact) mass is 334 g/mol. The van der Waals surface area contributed by atoms with Gasteiger partial charge < -0.3 is 5.11 Å². The van der Waals surface area contributed by atoms with Crippen molar-refractivity contribution >= 4 is 0 Å². The van der Waals surface area contributed by atoms with Crippen LogP contribution in [0.2, 0.25) is 0 Å². The Hall–Kier alpha value is -0.560. The summed E-state index contributed by atoms with van der Waals surface area (Å²) in [4.78, 5) is 0. The number of allylic oxidation sites excluding steroid dienone is 2. The third-order valence-electron chi connectivity index (χ3n) is 6.01. The van der Waals surface area contributed by atoms with Gasteiger partial charge in [0.05, 0.1) is 6.10 Å². The first-order valence-electron chi connectivity index (χ1n) is 10.2. The molecule has 1 aliphatic rings.